The Balaban J connectivity index is 1.37. The highest BCUT2D eigenvalue weighted by Crippen LogP contribution is 2.24. The van der Waals surface area contributed by atoms with Crippen molar-refractivity contribution in [1.82, 2.24) is 15.1 Å². The van der Waals surface area contributed by atoms with Crippen molar-refractivity contribution in [3.63, 3.8) is 0 Å². The quantitative estimate of drug-likeness (QED) is 0.725. The molecule has 0 aliphatic carbocycles. The van der Waals surface area contributed by atoms with Gasteiger partial charge in [-0.1, -0.05) is 12.1 Å². The van der Waals surface area contributed by atoms with Gasteiger partial charge in [-0.05, 0) is 66.4 Å². The molecule has 4 rings (SSSR count). The molecule has 2 fully saturated rings. The second-order valence-corrected chi connectivity index (χ2v) is 8.40. The summed E-state index contributed by atoms with van der Waals surface area (Å²) in [6.07, 6.45) is 3.74. The molecule has 1 aromatic heterocycles. The van der Waals surface area contributed by atoms with E-state index in [1.807, 2.05) is 29.2 Å². The molecular formula is C21H26BrN5O. The third-order valence-electron chi connectivity index (χ3n) is 5.73. The van der Waals surface area contributed by atoms with Gasteiger partial charge in [-0.3, -0.25) is 4.79 Å². The van der Waals surface area contributed by atoms with E-state index in [1.54, 1.807) is 0 Å². The first-order valence-corrected chi connectivity index (χ1v) is 10.8. The summed E-state index contributed by atoms with van der Waals surface area (Å²) in [5.74, 6) is 1.94. The molecule has 0 saturated carbocycles. The zero-order valence-corrected chi connectivity index (χ0v) is 17.8. The number of anilines is 2. The number of carbonyl (C=O) groups is 1. The predicted octanol–water partition coefficient (Wildman–Crippen LogP) is 3.58. The van der Waals surface area contributed by atoms with Crippen molar-refractivity contribution in [2.24, 2.45) is 0 Å². The highest BCUT2D eigenvalue weighted by molar-refractivity contribution is 9.10. The number of halogens is 1. The van der Waals surface area contributed by atoms with Crippen molar-refractivity contribution in [3.05, 3.63) is 46.4 Å². The Bertz CT molecular complexity index is 820. The van der Waals surface area contributed by atoms with E-state index in [-0.39, 0.29) is 5.91 Å². The number of aromatic nitrogens is 2. The van der Waals surface area contributed by atoms with Gasteiger partial charge < -0.3 is 14.7 Å². The molecule has 1 unspecified atom stereocenters. The van der Waals surface area contributed by atoms with E-state index in [0.29, 0.717) is 19.1 Å². The molecule has 2 saturated heterocycles. The largest absolute Gasteiger partial charge is 0.352 e. The second kappa shape index (κ2) is 8.47. The second-order valence-electron chi connectivity index (χ2n) is 7.55. The zero-order valence-electron chi connectivity index (χ0n) is 16.2. The Hall–Kier alpha value is -2.15. The number of amides is 1. The topological polar surface area (TPSA) is 52.6 Å². The van der Waals surface area contributed by atoms with E-state index in [1.165, 1.54) is 19.3 Å². The first kappa shape index (κ1) is 19.2. The fourth-order valence-electron chi connectivity index (χ4n) is 4.02. The molecule has 6 nitrogen and oxygen atoms in total. The Morgan fingerprint density at radius 1 is 0.964 bits per heavy atom. The lowest BCUT2D eigenvalue weighted by molar-refractivity contribution is 0.0745. The number of piperidine rings is 1. The number of hydrogen-bond acceptors (Lipinski definition) is 5. The van der Waals surface area contributed by atoms with E-state index >= 15 is 0 Å². The maximum Gasteiger partial charge on any atom is 0.255 e. The Labute approximate surface area is 174 Å². The van der Waals surface area contributed by atoms with Crippen LogP contribution in [0.4, 0.5) is 11.6 Å². The van der Waals surface area contributed by atoms with Gasteiger partial charge in [0.2, 0.25) is 0 Å². The summed E-state index contributed by atoms with van der Waals surface area (Å²) in [6.45, 7) is 6.23. The lowest BCUT2D eigenvalue weighted by Crippen LogP contribution is -2.49. The minimum Gasteiger partial charge on any atom is -0.352 e. The molecule has 148 valence electrons. The molecule has 28 heavy (non-hydrogen) atoms. The molecule has 1 aromatic carbocycles. The molecule has 2 aromatic rings. The van der Waals surface area contributed by atoms with Gasteiger partial charge >= 0.3 is 0 Å². The van der Waals surface area contributed by atoms with Crippen LogP contribution in [0.1, 0.15) is 36.5 Å². The molecule has 2 aliphatic heterocycles. The van der Waals surface area contributed by atoms with Gasteiger partial charge in [0.05, 0.1) is 5.56 Å². The summed E-state index contributed by atoms with van der Waals surface area (Å²) < 4.78 is 0.843. The number of benzene rings is 1. The number of nitrogens with zero attached hydrogens (tertiary/aromatic N) is 5. The van der Waals surface area contributed by atoms with Crippen molar-refractivity contribution in [2.75, 3.05) is 42.5 Å². The lowest BCUT2D eigenvalue weighted by atomic mass is 10.0. The molecule has 1 amide bonds. The van der Waals surface area contributed by atoms with Gasteiger partial charge in [-0.15, -0.1) is 10.2 Å². The van der Waals surface area contributed by atoms with Crippen LogP contribution in [0.5, 0.6) is 0 Å². The molecule has 7 heteroatoms. The maximum atomic E-state index is 12.8. The maximum absolute atomic E-state index is 12.8. The number of hydrogen-bond donors (Lipinski definition) is 0. The Morgan fingerprint density at radius 3 is 2.36 bits per heavy atom. The third kappa shape index (κ3) is 3.99. The summed E-state index contributed by atoms with van der Waals surface area (Å²) >= 11 is 3.48. The van der Waals surface area contributed by atoms with E-state index < -0.39 is 0 Å². The number of piperazine rings is 1. The van der Waals surface area contributed by atoms with Crippen LogP contribution in [0.25, 0.3) is 0 Å². The Kier molecular flexibility index (Phi) is 5.80. The van der Waals surface area contributed by atoms with Crippen LogP contribution >= 0.6 is 15.9 Å². The smallest absolute Gasteiger partial charge is 0.255 e. The molecule has 3 heterocycles. The van der Waals surface area contributed by atoms with Gasteiger partial charge in [0.1, 0.15) is 0 Å². The van der Waals surface area contributed by atoms with E-state index in [4.69, 9.17) is 0 Å². The summed E-state index contributed by atoms with van der Waals surface area (Å²) in [7, 11) is 0. The number of carbonyl (C=O) groups excluding carboxylic acids is 1. The molecule has 0 spiro atoms. The van der Waals surface area contributed by atoms with Gasteiger partial charge in [0, 0.05) is 43.2 Å². The van der Waals surface area contributed by atoms with Crippen LogP contribution in [0.2, 0.25) is 0 Å². The van der Waals surface area contributed by atoms with Crippen molar-refractivity contribution >= 4 is 33.5 Å². The fourth-order valence-corrected chi connectivity index (χ4v) is 4.48. The monoisotopic (exact) mass is 443 g/mol. The first-order chi connectivity index (χ1) is 13.6. The summed E-state index contributed by atoms with van der Waals surface area (Å²) in [5, 5.41) is 8.97. The molecule has 2 aliphatic rings. The number of rotatable bonds is 3. The van der Waals surface area contributed by atoms with Gasteiger partial charge in [0.25, 0.3) is 5.91 Å². The van der Waals surface area contributed by atoms with Gasteiger partial charge in [-0.2, -0.15) is 0 Å². The summed E-state index contributed by atoms with van der Waals surface area (Å²) in [5.41, 5.74) is 0.718. The molecule has 0 bridgehead atoms. The third-order valence-corrected chi connectivity index (χ3v) is 6.42. The highest BCUT2D eigenvalue weighted by atomic mass is 79.9. The van der Waals surface area contributed by atoms with Crippen LogP contribution in [0, 0.1) is 0 Å². The Morgan fingerprint density at radius 2 is 1.68 bits per heavy atom. The van der Waals surface area contributed by atoms with Crippen molar-refractivity contribution in [1.29, 1.82) is 0 Å². The van der Waals surface area contributed by atoms with Crippen molar-refractivity contribution < 1.29 is 4.79 Å². The van der Waals surface area contributed by atoms with E-state index in [9.17, 15) is 4.79 Å². The van der Waals surface area contributed by atoms with Crippen LogP contribution in [-0.4, -0.2) is 59.8 Å². The van der Waals surface area contributed by atoms with Crippen LogP contribution in [0.15, 0.2) is 40.9 Å². The van der Waals surface area contributed by atoms with Crippen LogP contribution in [-0.2, 0) is 0 Å². The van der Waals surface area contributed by atoms with Gasteiger partial charge in [-0.25, -0.2) is 0 Å². The highest BCUT2D eigenvalue weighted by Gasteiger charge is 2.25. The zero-order chi connectivity index (χ0) is 19.5. The average molecular weight is 444 g/mol. The van der Waals surface area contributed by atoms with E-state index in [2.05, 4.69) is 55.0 Å². The minimum atomic E-state index is 0.0765. The van der Waals surface area contributed by atoms with Crippen LogP contribution < -0.4 is 9.80 Å². The predicted molar refractivity (Wildman–Crippen MR) is 115 cm³/mol. The minimum absolute atomic E-state index is 0.0765. The van der Waals surface area contributed by atoms with E-state index in [0.717, 1.165) is 41.3 Å². The SMILES string of the molecule is CC1CCCCN1c1ccc(N2CCN(C(=O)c3ccccc3Br)CC2)nn1. The van der Waals surface area contributed by atoms with Crippen molar-refractivity contribution in [3.8, 4) is 0 Å². The summed E-state index contributed by atoms with van der Waals surface area (Å²) in [6, 6.07) is 12.3. The first-order valence-electron chi connectivity index (χ1n) is 10.0. The van der Waals surface area contributed by atoms with Gasteiger partial charge in [0.15, 0.2) is 11.6 Å². The van der Waals surface area contributed by atoms with Crippen molar-refractivity contribution in [2.45, 2.75) is 32.2 Å². The molecule has 0 N–H and O–H groups in total. The lowest BCUT2D eigenvalue weighted by Gasteiger charge is -2.36. The molecule has 0 radical (unpaired) electrons. The molecule has 1 atom stereocenters. The van der Waals surface area contributed by atoms with Crippen LogP contribution in [0.3, 0.4) is 0 Å². The standard InChI is InChI=1S/C21H26BrN5O/c1-16-6-4-5-11-27(16)20-10-9-19(23-24-20)25-12-14-26(15-13-25)21(28)17-7-2-3-8-18(17)22/h2-3,7-10,16H,4-6,11-15H2,1H3. The average Bonchev–Trinajstić information content (AvgIpc) is 2.74. The summed E-state index contributed by atoms with van der Waals surface area (Å²) in [4.78, 5) is 19.2. The normalized spacial score (nSPS) is 20.4. The molecular weight excluding hydrogens is 418 g/mol. The fraction of sp³-hybridized carbons (Fsp3) is 0.476.